The maximum atomic E-state index is 13.2. The van der Waals surface area contributed by atoms with Gasteiger partial charge in [0.2, 0.25) is 0 Å². The van der Waals surface area contributed by atoms with Crippen molar-refractivity contribution in [3.8, 4) is 5.75 Å². The van der Waals surface area contributed by atoms with Crippen LogP contribution in [0.2, 0.25) is 0 Å². The molecule has 2 aromatic carbocycles. The summed E-state index contributed by atoms with van der Waals surface area (Å²) in [7, 11) is 0. The standard InChI is InChI=1S/C32H42O5/c1-6-26(32(5)20-8-7-9-21-32)22-28(30(35)37-31(2,3)4)36-27-18-14-24(15-19-27)11-10-23-12-16-25(17-13-23)29(33)34/h10-19,26,28H,6-9,20-22H2,1-5H3,(H,33,34)/b11-10+. The van der Waals surface area contributed by atoms with Crippen LogP contribution in [0.4, 0.5) is 0 Å². The van der Waals surface area contributed by atoms with E-state index in [2.05, 4.69) is 13.8 Å². The molecule has 1 N–H and O–H groups in total. The summed E-state index contributed by atoms with van der Waals surface area (Å²) in [4.78, 5) is 24.2. The highest BCUT2D eigenvalue weighted by molar-refractivity contribution is 5.88. The van der Waals surface area contributed by atoms with Crippen LogP contribution < -0.4 is 4.74 Å². The van der Waals surface area contributed by atoms with Gasteiger partial charge in [-0.15, -0.1) is 0 Å². The number of ether oxygens (including phenoxy) is 2. The van der Waals surface area contributed by atoms with Crippen molar-refractivity contribution in [1.82, 2.24) is 0 Å². The maximum absolute atomic E-state index is 13.2. The van der Waals surface area contributed by atoms with E-state index in [1.165, 1.54) is 32.1 Å². The molecule has 1 aliphatic carbocycles. The van der Waals surface area contributed by atoms with Crippen molar-refractivity contribution in [2.45, 2.75) is 91.3 Å². The summed E-state index contributed by atoms with van der Waals surface area (Å²) in [5.74, 6) is -0.212. The minimum Gasteiger partial charge on any atom is -0.479 e. The second kappa shape index (κ2) is 12.4. The molecule has 1 saturated carbocycles. The molecule has 0 spiro atoms. The van der Waals surface area contributed by atoms with Gasteiger partial charge in [-0.25, -0.2) is 9.59 Å². The van der Waals surface area contributed by atoms with Gasteiger partial charge in [-0.1, -0.05) is 75.9 Å². The summed E-state index contributed by atoms with van der Waals surface area (Å²) in [5.41, 5.74) is 1.81. The third-order valence-corrected chi connectivity index (χ3v) is 7.43. The molecule has 0 radical (unpaired) electrons. The second-order valence-electron chi connectivity index (χ2n) is 11.5. The molecule has 1 aliphatic rings. The molecule has 2 unspecified atom stereocenters. The summed E-state index contributed by atoms with van der Waals surface area (Å²) < 4.78 is 12.0. The van der Waals surface area contributed by atoms with Crippen molar-refractivity contribution in [2.75, 3.05) is 0 Å². The zero-order chi connectivity index (χ0) is 27.1. The van der Waals surface area contributed by atoms with Crippen molar-refractivity contribution in [3.63, 3.8) is 0 Å². The average Bonchev–Trinajstić information content (AvgIpc) is 2.85. The number of esters is 1. The molecule has 0 bridgehead atoms. The summed E-state index contributed by atoms with van der Waals surface area (Å²) >= 11 is 0. The van der Waals surface area contributed by atoms with Crippen molar-refractivity contribution in [2.24, 2.45) is 11.3 Å². The first kappa shape index (κ1) is 28.5. The number of benzene rings is 2. The fraction of sp³-hybridized carbons (Fsp3) is 0.500. The Labute approximate surface area is 221 Å². The fourth-order valence-electron chi connectivity index (χ4n) is 5.28. The molecule has 0 saturated heterocycles. The van der Waals surface area contributed by atoms with E-state index in [0.717, 1.165) is 17.5 Å². The molecule has 200 valence electrons. The lowest BCUT2D eigenvalue weighted by atomic mass is 9.65. The predicted octanol–water partition coefficient (Wildman–Crippen LogP) is 8.03. The smallest absolute Gasteiger partial charge is 0.347 e. The normalized spacial score (nSPS) is 17.2. The monoisotopic (exact) mass is 506 g/mol. The summed E-state index contributed by atoms with van der Waals surface area (Å²) in [6, 6.07) is 14.4. The van der Waals surface area contributed by atoms with Gasteiger partial charge in [0.25, 0.3) is 0 Å². The van der Waals surface area contributed by atoms with E-state index in [0.29, 0.717) is 18.1 Å². The van der Waals surface area contributed by atoms with E-state index >= 15 is 0 Å². The zero-order valence-corrected chi connectivity index (χ0v) is 23.0. The summed E-state index contributed by atoms with van der Waals surface area (Å²) in [6.07, 6.45) is 11.1. The second-order valence-corrected chi connectivity index (χ2v) is 11.5. The SMILES string of the molecule is CCC(CC(Oc1ccc(/C=C/c2ccc(C(=O)O)cc2)cc1)C(=O)OC(C)(C)C)C1(C)CCCCC1. The highest BCUT2D eigenvalue weighted by Crippen LogP contribution is 2.45. The van der Waals surface area contributed by atoms with Crippen molar-refractivity contribution >= 4 is 24.1 Å². The van der Waals surface area contributed by atoms with Crippen LogP contribution in [-0.2, 0) is 9.53 Å². The van der Waals surface area contributed by atoms with Crippen LogP contribution in [0.1, 0.15) is 101 Å². The lowest BCUT2D eigenvalue weighted by molar-refractivity contribution is -0.165. The zero-order valence-electron chi connectivity index (χ0n) is 23.0. The van der Waals surface area contributed by atoms with E-state index in [9.17, 15) is 9.59 Å². The molecule has 2 atom stereocenters. The van der Waals surface area contributed by atoms with Crippen LogP contribution >= 0.6 is 0 Å². The number of carbonyl (C=O) groups excluding carboxylic acids is 1. The lowest BCUT2D eigenvalue weighted by Gasteiger charge is -2.41. The Morgan fingerprint density at radius 1 is 0.946 bits per heavy atom. The molecule has 37 heavy (non-hydrogen) atoms. The largest absolute Gasteiger partial charge is 0.479 e. The third-order valence-electron chi connectivity index (χ3n) is 7.43. The van der Waals surface area contributed by atoms with Gasteiger partial charge in [-0.3, -0.25) is 0 Å². The molecule has 5 nitrogen and oxygen atoms in total. The molecule has 0 amide bonds. The van der Waals surface area contributed by atoms with Gasteiger partial charge in [0, 0.05) is 0 Å². The maximum Gasteiger partial charge on any atom is 0.347 e. The number of aromatic carboxylic acids is 1. The highest BCUT2D eigenvalue weighted by Gasteiger charge is 2.38. The van der Waals surface area contributed by atoms with E-state index < -0.39 is 17.7 Å². The van der Waals surface area contributed by atoms with Crippen LogP contribution in [0.3, 0.4) is 0 Å². The summed E-state index contributed by atoms with van der Waals surface area (Å²) in [6.45, 7) is 10.3. The van der Waals surface area contributed by atoms with Gasteiger partial charge in [0.1, 0.15) is 11.4 Å². The molecular formula is C32H42O5. The van der Waals surface area contributed by atoms with Crippen LogP contribution in [0.15, 0.2) is 48.5 Å². The van der Waals surface area contributed by atoms with E-state index in [1.54, 1.807) is 24.3 Å². The van der Waals surface area contributed by atoms with Gasteiger partial charge < -0.3 is 14.6 Å². The molecule has 3 rings (SSSR count). The van der Waals surface area contributed by atoms with Crippen molar-refractivity contribution in [1.29, 1.82) is 0 Å². The van der Waals surface area contributed by atoms with Gasteiger partial charge >= 0.3 is 11.9 Å². The number of carboxylic acids is 1. The van der Waals surface area contributed by atoms with Gasteiger partial charge in [0.05, 0.1) is 5.56 Å². The highest BCUT2D eigenvalue weighted by atomic mass is 16.6. The average molecular weight is 507 g/mol. The van der Waals surface area contributed by atoms with E-state index in [-0.39, 0.29) is 16.9 Å². The van der Waals surface area contributed by atoms with Gasteiger partial charge in [-0.2, -0.15) is 0 Å². The minimum atomic E-state index is -0.936. The first-order valence-corrected chi connectivity index (χ1v) is 13.5. The quantitative estimate of drug-likeness (QED) is 0.261. The lowest BCUT2D eigenvalue weighted by Crippen LogP contribution is -2.40. The van der Waals surface area contributed by atoms with Crippen molar-refractivity contribution in [3.05, 3.63) is 65.2 Å². The Morgan fingerprint density at radius 2 is 1.49 bits per heavy atom. The first-order chi connectivity index (χ1) is 17.5. The van der Waals surface area contributed by atoms with Crippen LogP contribution in [0, 0.1) is 11.3 Å². The summed E-state index contributed by atoms with van der Waals surface area (Å²) in [5, 5.41) is 9.04. The number of rotatable bonds is 10. The van der Waals surface area contributed by atoms with E-state index in [1.807, 2.05) is 57.2 Å². The van der Waals surface area contributed by atoms with Gasteiger partial charge in [-0.05, 0) is 86.8 Å². The Morgan fingerprint density at radius 3 is 1.97 bits per heavy atom. The Balaban J connectivity index is 1.72. The van der Waals surface area contributed by atoms with E-state index in [4.69, 9.17) is 14.6 Å². The van der Waals surface area contributed by atoms with Crippen LogP contribution in [0.25, 0.3) is 12.2 Å². The molecular weight excluding hydrogens is 464 g/mol. The Kier molecular flexibility index (Phi) is 9.58. The topological polar surface area (TPSA) is 72.8 Å². The number of hydrogen-bond donors (Lipinski definition) is 1. The molecule has 0 aromatic heterocycles. The molecule has 0 aliphatic heterocycles. The Hall–Kier alpha value is -3.08. The number of carboxylic acid groups (broad SMARTS) is 1. The molecule has 5 heteroatoms. The van der Waals surface area contributed by atoms with Crippen molar-refractivity contribution < 1.29 is 24.2 Å². The van der Waals surface area contributed by atoms with Crippen LogP contribution in [-0.4, -0.2) is 28.8 Å². The molecule has 2 aromatic rings. The Bertz CT molecular complexity index is 1050. The number of carbonyl (C=O) groups is 2. The molecule has 0 heterocycles. The third kappa shape index (κ3) is 8.48. The predicted molar refractivity (Wildman–Crippen MR) is 149 cm³/mol. The van der Waals surface area contributed by atoms with Crippen LogP contribution in [0.5, 0.6) is 5.75 Å². The first-order valence-electron chi connectivity index (χ1n) is 13.5. The molecule has 1 fully saturated rings. The minimum absolute atomic E-state index is 0.230. The fourth-order valence-corrected chi connectivity index (χ4v) is 5.28. The number of hydrogen-bond acceptors (Lipinski definition) is 4. The van der Waals surface area contributed by atoms with Gasteiger partial charge in [0.15, 0.2) is 6.10 Å².